The van der Waals surface area contributed by atoms with Crippen LogP contribution in [0.5, 0.6) is 0 Å². The Bertz CT molecular complexity index is 430. The van der Waals surface area contributed by atoms with Crippen molar-refractivity contribution in [1.82, 2.24) is 0 Å². The first-order chi connectivity index (χ1) is 9.00. The van der Waals surface area contributed by atoms with Gasteiger partial charge in [0.1, 0.15) is 0 Å². The molecule has 2 heteroatoms. The maximum absolute atomic E-state index is 10.9. The summed E-state index contributed by atoms with van der Waals surface area (Å²) in [7, 11) is -1.34. The molecule has 0 radical (unpaired) electrons. The largest absolute Gasteiger partial charge is 0.388 e. The zero-order valence-electron chi connectivity index (χ0n) is 12.4. The normalized spacial score (nSPS) is 25.4. The molecule has 1 aliphatic rings. The topological polar surface area (TPSA) is 20.2 Å². The number of aliphatic hydroxyl groups excluding tert-OH is 1. The molecule has 0 amide bonds. The van der Waals surface area contributed by atoms with E-state index in [1.54, 1.807) is 0 Å². The minimum Gasteiger partial charge on any atom is -0.388 e. The molecule has 104 valence electrons. The number of benzene rings is 1. The molecule has 0 aliphatic heterocycles. The molecule has 0 saturated carbocycles. The predicted molar refractivity (Wildman–Crippen MR) is 86.0 cm³/mol. The Morgan fingerprint density at radius 2 is 1.74 bits per heavy atom. The molecule has 0 unspecified atom stereocenters. The van der Waals surface area contributed by atoms with Gasteiger partial charge >= 0.3 is 0 Å². The van der Waals surface area contributed by atoms with Gasteiger partial charge in [0.25, 0.3) is 0 Å². The van der Waals surface area contributed by atoms with Gasteiger partial charge in [-0.25, -0.2) is 0 Å². The molecule has 0 fully saturated rings. The SMILES string of the molecule is C[Si](C)(C)[C@@H]1CCCCC=C(c2ccccc2)[C@@H]1O. The molecule has 2 rings (SSSR count). The number of rotatable bonds is 2. The maximum atomic E-state index is 10.9. The zero-order valence-corrected chi connectivity index (χ0v) is 13.4. The van der Waals surface area contributed by atoms with Crippen molar-refractivity contribution in [2.75, 3.05) is 0 Å². The van der Waals surface area contributed by atoms with Crippen molar-refractivity contribution in [3.05, 3.63) is 42.0 Å². The van der Waals surface area contributed by atoms with E-state index in [0.717, 1.165) is 12.0 Å². The van der Waals surface area contributed by atoms with Gasteiger partial charge in [0.05, 0.1) is 14.2 Å². The van der Waals surface area contributed by atoms with Crippen LogP contribution in [0.3, 0.4) is 0 Å². The van der Waals surface area contributed by atoms with Crippen molar-refractivity contribution in [3.63, 3.8) is 0 Å². The van der Waals surface area contributed by atoms with Crippen LogP contribution < -0.4 is 0 Å². The fraction of sp³-hybridized carbons (Fsp3) is 0.529. The number of allylic oxidation sites excluding steroid dienone is 1. The highest BCUT2D eigenvalue weighted by atomic mass is 28.3. The molecule has 0 aromatic heterocycles. The Hall–Kier alpha value is -0.863. The lowest BCUT2D eigenvalue weighted by molar-refractivity contribution is 0.212. The third kappa shape index (κ3) is 3.58. The monoisotopic (exact) mass is 274 g/mol. The molecule has 2 atom stereocenters. The van der Waals surface area contributed by atoms with Crippen LogP contribution in [-0.4, -0.2) is 19.3 Å². The van der Waals surface area contributed by atoms with Gasteiger partial charge in [0, 0.05) is 0 Å². The molecule has 0 heterocycles. The lowest BCUT2D eigenvalue weighted by Gasteiger charge is -2.35. The predicted octanol–water partition coefficient (Wildman–Crippen LogP) is 4.71. The number of aliphatic hydroxyl groups is 1. The molecule has 1 N–H and O–H groups in total. The van der Waals surface area contributed by atoms with Gasteiger partial charge in [0.2, 0.25) is 0 Å². The molecule has 0 spiro atoms. The summed E-state index contributed by atoms with van der Waals surface area (Å²) in [6.45, 7) is 7.14. The van der Waals surface area contributed by atoms with E-state index < -0.39 is 8.07 Å². The summed E-state index contributed by atoms with van der Waals surface area (Å²) in [5.74, 6) is 0. The first-order valence-corrected chi connectivity index (χ1v) is 11.0. The van der Waals surface area contributed by atoms with Crippen LogP contribution in [0.25, 0.3) is 5.57 Å². The van der Waals surface area contributed by atoms with Crippen LogP contribution in [0.4, 0.5) is 0 Å². The highest BCUT2D eigenvalue weighted by Gasteiger charge is 2.34. The minimum atomic E-state index is -1.34. The van der Waals surface area contributed by atoms with E-state index in [1.165, 1.54) is 24.8 Å². The summed E-state index contributed by atoms with van der Waals surface area (Å²) < 4.78 is 0. The zero-order chi connectivity index (χ0) is 13.9. The average Bonchev–Trinajstić information content (AvgIpc) is 2.34. The second kappa shape index (κ2) is 6.06. The molecular formula is C17H26OSi. The van der Waals surface area contributed by atoms with Crippen LogP contribution in [0.2, 0.25) is 25.2 Å². The third-order valence-corrected chi connectivity index (χ3v) is 7.08. The Labute approximate surface area is 118 Å². The van der Waals surface area contributed by atoms with Crippen LogP contribution in [-0.2, 0) is 0 Å². The van der Waals surface area contributed by atoms with E-state index in [4.69, 9.17) is 0 Å². The van der Waals surface area contributed by atoms with Gasteiger partial charge in [-0.3, -0.25) is 0 Å². The highest BCUT2D eigenvalue weighted by molar-refractivity contribution is 6.77. The van der Waals surface area contributed by atoms with Crippen molar-refractivity contribution in [3.8, 4) is 0 Å². The summed E-state index contributed by atoms with van der Waals surface area (Å²) in [5.41, 5.74) is 2.83. The van der Waals surface area contributed by atoms with Gasteiger partial charge in [-0.2, -0.15) is 0 Å². The fourth-order valence-electron chi connectivity index (χ4n) is 3.09. The van der Waals surface area contributed by atoms with Crippen LogP contribution in [0.15, 0.2) is 36.4 Å². The van der Waals surface area contributed by atoms with Crippen molar-refractivity contribution in [2.45, 2.75) is 57.0 Å². The van der Waals surface area contributed by atoms with E-state index in [2.05, 4.69) is 50.0 Å². The first kappa shape index (κ1) is 14.5. The van der Waals surface area contributed by atoms with E-state index >= 15 is 0 Å². The van der Waals surface area contributed by atoms with Gasteiger partial charge < -0.3 is 5.11 Å². The number of hydrogen-bond acceptors (Lipinski definition) is 1. The molecule has 1 aromatic rings. The van der Waals surface area contributed by atoms with Crippen LogP contribution >= 0.6 is 0 Å². The molecule has 0 bridgehead atoms. The first-order valence-electron chi connectivity index (χ1n) is 7.43. The van der Waals surface area contributed by atoms with Crippen LogP contribution in [0, 0.1) is 0 Å². The van der Waals surface area contributed by atoms with E-state index in [-0.39, 0.29) is 6.10 Å². The Morgan fingerprint density at radius 3 is 2.37 bits per heavy atom. The van der Waals surface area contributed by atoms with Crippen LogP contribution in [0.1, 0.15) is 31.2 Å². The lowest BCUT2D eigenvalue weighted by atomic mass is 9.92. The second-order valence-corrected chi connectivity index (χ2v) is 12.2. The Balaban J connectivity index is 2.34. The second-order valence-electron chi connectivity index (χ2n) is 6.73. The van der Waals surface area contributed by atoms with E-state index in [9.17, 15) is 5.11 Å². The van der Waals surface area contributed by atoms with Crippen molar-refractivity contribution in [1.29, 1.82) is 0 Å². The Morgan fingerprint density at radius 1 is 1.05 bits per heavy atom. The standard InChI is InChI=1S/C17H26OSi/c1-19(2,3)16-13-9-5-8-12-15(17(16)18)14-10-6-4-7-11-14/h4,6-7,10-12,16-18H,5,8-9,13H2,1-3H3/t16-,17+/m1/s1. The molecule has 1 aromatic carbocycles. The maximum Gasteiger partial charge on any atom is 0.0797 e. The van der Waals surface area contributed by atoms with Crippen molar-refractivity contribution >= 4 is 13.6 Å². The molecule has 19 heavy (non-hydrogen) atoms. The van der Waals surface area contributed by atoms with Gasteiger partial charge in [-0.15, -0.1) is 0 Å². The summed E-state index contributed by atoms with van der Waals surface area (Å²) in [6.07, 6.45) is 6.77. The highest BCUT2D eigenvalue weighted by Crippen LogP contribution is 2.39. The number of hydrogen-bond donors (Lipinski definition) is 1. The van der Waals surface area contributed by atoms with E-state index in [1.807, 2.05) is 6.07 Å². The quantitative estimate of drug-likeness (QED) is 0.774. The average molecular weight is 274 g/mol. The summed E-state index contributed by atoms with van der Waals surface area (Å²) in [6, 6.07) is 10.4. The summed E-state index contributed by atoms with van der Waals surface area (Å²) in [4.78, 5) is 0. The molecule has 1 aliphatic carbocycles. The van der Waals surface area contributed by atoms with Crippen molar-refractivity contribution < 1.29 is 5.11 Å². The minimum absolute atomic E-state index is 0.283. The Kier molecular flexibility index (Phi) is 4.64. The van der Waals surface area contributed by atoms with E-state index in [0.29, 0.717) is 5.54 Å². The lowest BCUT2D eigenvalue weighted by Crippen LogP contribution is -2.37. The summed E-state index contributed by atoms with van der Waals surface area (Å²) >= 11 is 0. The van der Waals surface area contributed by atoms with Gasteiger partial charge in [-0.1, -0.05) is 68.9 Å². The molecule has 1 nitrogen and oxygen atoms in total. The van der Waals surface area contributed by atoms with Gasteiger partial charge in [0.15, 0.2) is 0 Å². The molecular weight excluding hydrogens is 248 g/mol. The van der Waals surface area contributed by atoms with Gasteiger partial charge in [-0.05, 0) is 29.5 Å². The fourth-order valence-corrected chi connectivity index (χ4v) is 5.28. The summed E-state index contributed by atoms with van der Waals surface area (Å²) in [5, 5.41) is 10.9. The van der Waals surface area contributed by atoms with Crippen molar-refractivity contribution in [2.24, 2.45) is 0 Å². The smallest absolute Gasteiger partial charge is 0.0797 e. The molecule has 0 saturated heterocycles. The third-order valence-electron chi connectivity index (χ3n) is 4.25.